The molecule has 0 aliphatic carbocycles. The van der Waals surface area contributed by atoms with Gasteiger partial charge >= 0.3 is 0 Å². The van der Waals surface area contributed by atoms with Crippen LogP contribution in [0.3, 0.4) is 0 Å². The van der Waals surface area contributed by atoms with Crippen molar-refractivity contribution in [3.8, 4) is 0 Å². The Morgan fingerprint density at radius 2 is 1.74 bits per heavy atom. The molecule has 2 unspecified atom stereocenters. The fourth-order valence-corrected chi connectivity index (χ4v) is 3.37. The number of hydrogen-bond donors (Lipinski definition) is 3. The lowest BCUT2D eigenvalue weighted by molar-refractivity contribution is -0.126. The summed E-state index contributed by atoms with van der Waals surface area (Å²) >= 11 is 0. The summed E-state index contributed by atoms with van der Waals surface area (Å²) in [6.07, 6.45) is 2.90. The first-order valence-corrected chi connectivity index (χ1v) is 9.60. The van der Waals surface area contributed by atoms with Crippen molar-refractivity contribution in [1.29, 1.82) is 0 Å². The van der Waals surface area contributed by atoms with E-state index in [-0.39, 0.29) is 11.8 Å². The van der Waals surface area contributed by atoms with Crippen LogP contribution in [0.5, 0.6) is 0 Å². The average molecular weight is 365 g/mol. The minimum Gasteiger partial charge on any atom is -0.344 e. The largest absolute Gasteiger partial charge is 0.344 e. The van der Waals surface area contributed by atoms with E-state index in [1.807, 2.05) is 60.7 Å². The Labute approximate surface area is 160 Å². The predicted molar refractivity (Wildman–Crippen MR) is 107 cm³/mol. The van der Waals surface area contributed by atoms with Crippen LogP contribution >= 0.6 is 0 Å². The molecule has 2 aromatic carbocycles. The van der Waals surface area contributed by atoms with Gasteiger partial charge in [0.1, 0.15) is 6.04 Å². The van der Waals surface area contributed by atoms with Gasteiger partial charge in [-0.2, -0.15) is 0 Å². The molecule has 5 heteroatoms. The molecular formula is C22H27N3O2. The third kappa shape index (κ3) is 6.22. The van der Waals surface area contributed by atoms with Gasteiger partial charge in [0.25, 0.3) is 0 Å². The number of rotatable bonds is 8. The maximum atomic E-state index is 12.8. The van der Waals surface area contributed by atoms with Crippen molar-refractivity contribution >= 4 is 17.5 Å². The number of benzene rings is 2. The van der Waals surface area contributed by atoms with Gasteiger partial charge in [-0.05, 0) is 49.5 Å². The zero-order valence-electron chi connectivity index (χ0n) is 15.5. The highest BCUT2D eigenvalue weighted by Crippen LogP contribution is 2.14. The van der Waals surface area contributed by atoms with Gasteiger partial charge < -0.3 is 16.0 Å². The fourth-order valence-electron chi connectivity index (χ4n) is 3.37. The Kier molecular flexibility index (Phi) is 6.99. The first-order chi connectivity index (χ1) is 13.2. The molecule has 27 heavy (non-hydrogen) atoms. The van der Waals surface area contributed by atoms with E-state index in [9.17, 15) is 9.59 Å². The van der Waals surface area contributed by atoms with Crippen LogP contribution in [0.25, 0.3) is 0 Å². The molecule has 0 radical (unpaired) electrons. The van der Waals surface area contributed by atoms with E-state index in [2.05, 4.69) is 16.0 Å². The Bertz CT molecular complexity index is 728. The Morgan fingerprint density at radius 1 is 1.04 bits per heavy atom. The van der Waals surface area contributed by atoms with Crippen LogP contribution in [-0.2, 0) is 16.0 Å². The molecule has 5 nitrogen and oxygen atoms in total. The maximum Gasteiger partial charge on any atom is 0.247 e. The summed E-state index contributed by atoms with van der Waals surface area (Å²) in [5, 5.41) is 9.16. The van der Waals surface area contributed by atoms with Crippen molar-refractivity contribution in [3.63, 3.8) is 0 Å². The quantitative estimate of drug-likeness (QED) is 0.674. The molecule has 2 amide bonds. The number of hydrogen-bond acceptors (Lipinski definition) is 3. The van der Waals surface area contributed by atoms with E-state index >= 15 is 0 Å². The Balaban J connectivity index is 1.61. The maximum absolute atomic E-state index is 12.8. The van der Waals surface area contributed by atoms with Crippen LogP contribution in [-0.4, -0.2) is 30.9 Å². The molecule has 2 aromatic rings. The second-order valence-corrected chi connectivity index (χ2v) is 7.06. The zero-order chi connectivity index (χ0) is 18.9. The van der Waals surface area contributed by atoms with Crippen LogP contribution in [0.2, 0.25) is 0 Å². The van der Waals surface area contributed by atoms with Crippen molar-refractivity contribution in [2.24, 2.45) is 5.92 Å². The van der Waals surface area contributed by atoms with E-state index in [1.54, 1.807) is 0 Å². The van der Waals surface area contributed by atoms with Crippen molar-refractivity contribution in [1.82, 2.24) is 10.6 Å². The molecule has 142 valence electrons. The van der Waals surface area contributed by atoms with Gasteiger partial charge in [0.15, 0.2) is 0 Å². The van der Waals surface area contributed by atoms with E-state index in [0.29, 0.717) is 18.8 Å². The van der Waals surface area contributed by atoms with Gasteiger partial charge in [-0.1, -0.05) is 48.5 Å². The van der Waals surface area contributed by atoms with Crippen LogP contribution in [0, 0.1) is 5.92 Å². The van der Waals surface area contributed by atoms with E-state index in [4.69, 9.17) is 0 Å². The summed E-state index contributed by atoms with van der Waals surface area (Å²) < 4.78 is 0. The number of anilines is 1. The average Bonchev–Trinajstić information content (AvgIpc) is 3.21. The molecule has 0 aromatic heterocycles. The molecule has 0 spiro atoms. The third-order valence-electron chi connectivity index (χ3n) is 4.92. The number of amides is 2. The van der Waals surface area contributed by atoms with Crippen molar-refractivity contribution in [2.75, 3.05) is 18.4 Å². The first-order valence-electron chi connectivity index (χ1n) is 9.60. The summed E-state index contributed by atoms with van der Waals surface area (Å²) in [7, 11) is 0. The Hall–Kier alpha value is -2.66. The standard InChI is InChI=1S/C22H27N3O2/c26-21(12-11-18-13-14-23-16-18)25-20(15-17-7-3-1-4-8-17)22(27)24-19-9-5-2-6-10-19/h1-10,18,20,23H,11-16H2,(H,24,27)(H,25,26). The zero-order valence-corrected chi connectivity index (χ0v) is 15.5. The first kappa shape index (κ1) is 19.1. The lowest BCUT2D eigenvalue weighted by atomic mass is 10.0. The summed E-state index contributed by atoms with van der Waals surface area (Å²) in [6.45, 7) is 2.01. The second kappa shape index (κ2) is 9.88. The summed E-state index contributed by atoms with van der Waals surface area (Å²) in [6, 6.07) is 18.5. The predicted octanol–water partition coefficient (Wildman–Crippen LogP) is 2.74. The van der Waals surface area contributed by atoms with Crippen molar-refractivity contribution < 1.29 is 9.59 Å². The van der Waals surface area contributed by atoms with Gasteiger partial charge in [-0.3, -0.25) is 9.59 Å². The van der Waals surface area contributed by atoms with Crippen LogP contribution in [0.15, 0.2) is 60.7 Å². The fraction of sp³-hybridized carbons (Fsp3) is 0.364. The number of carbonyl (C=O) groups is 2. The van der Waals surface area contributed by atoms with Gasteiger partial charge in [0, 0.05) is 18.5 Å². The summed E-state index contributed by atoms with van der Waals surface area (Å²) in [5.74, 6) is 0.299. The molecule has 0 saturated carbocycles. The molecule has 3 N–H and O–H groups in total. The highest BCUT2D eigenvalue weighted by Gasteiger charge is 2.22. The molecular weight excluding hydrogens is 338 g/mol. The van der Waals surface area contributed by atoms with Gasteiger partial charge in [0.05, 0.1) is 0 Å². The normalized spacial score (nSPS) is 17.3. The topological polar surface area (TPSA) is 70.2 Å². The highest BCUT2D eigenvalue weighted by molar-refractivity contribution is 5.97. The van der Waals surface area contributed by atoms with Gasteiger partial charge in [0.2, 0.25) is 11.8 Å². The number of para-hydroxylation sites is 1. The molecule has 3 rings (SSSR count). The molecule has 2 atom stereocenters. The van der Waals surface area contributed by atoms with E-state index in [0.717, 1.165) is 37.2 Å². The molecule has 1 heterocycles. The minimum atomic E-state index is -0.596. The number of carbonyl (C=O) groups excluding carboxylic acids is 2. The van der Waals surface area contributed by atoms with Gasteiger partial charge in [-0.15, -0.1) is 0 Å². The second-order valence-electron chi connectivity index (χ2n) is 7.06. The monoisotopic (exact) mass is 365 g/mol. The molecule has 1 saturated heterocycles. The van der Waals surface area contributed by atoms with Crippen LogP contribution < -0.4 is 16.0 Å². The lowest BCUT2D eigenvalue weighted by Gasteiger charge is -2.19. The van der Waals surface area contributed by atoms with Crippen molar-refractivity contribution in [2.45, 2.75) is 31.7 Å². The lowest BCUT2D eigenvalue weighted by Crippen LogP contribution is -2.45. The third-order valence-corrected chi connectivity index (χ3v) is 4.92. The Morgan fingerprint density at radius 3 is 2.41 bits per heavy atom. The summed E-state index contributed by atoms with van der Waals surface area (Å²) in [5.41, 5.74) is 1.75. The SMILES string of the molecule is O=C(CCC1CCNC1)NC(Cc1ccccc1)C(=O)Nc1ccccc1. The van der Waals surface area contributed by atoms with Crippen LogP contribution in [0.4, 0.5) is 5.69 Å². The van der Waals surface area contributed by atoms with Gasteiger partial charge in [-0.25, -0.2) is 0 Å². The van der Waals surface area contributed by atoms with Crippen LogP contribution in [0.1, 0.15) is 24.8 Å². The molecule has 1 fully saturated rings. The summed E-state index contributed by atoms with van der Waals surface area (Å²) in [4.78, 5) is 25.2. The molecule has 0 bridgehead atoms. The smallest absolute Gasteiger partial charge is 0.247 e. The van der Waals surface area contributed by atoms with E-state index in [1.165, 1.54) is 0 Å². The minimum absolute atomic E-state index is 0.0638. The molecule has 1 aliphatic rings. The van der Waals surface area contributed by atoms with Crippen molar-refractivity contribution in [3.05, 3.63) is 66.2 Å². The number of nitrogens with one attached hydrogen (secondary N) is 3. The molecule has 1 aliphatic heterocycles. The van der Waals surface area contributed by atoms with E-state index < -0.39 is 6.04 Å². The highest BCUT2D eigenvalue weighted by atomic mass is 16.2.